The van der Waals surface area contributed by atoms with Gasteiger partial charge in [0.05, 0.1) is 0 Å². The molecule has 0 saturated heterocycles. The highest BCUT2D eigenvalue weighted by Crippen LogP contribution is 2.52. The maximum Gasteiger partial charge on any atom is 0.0159 e. The van der Waals surface area contributed by atoms with Crippen molar-refractivity contribution in [1.29, 1.82) is 0 Å². The Morgan fingerprint density at radius 2 is 1.00 bits per heavy atom. The Morgan fingerprint density at radius 3 is 1.83 bits per heavy atom. The molecular formula is C46H32. The van der Waals surface area contributed by atoms with Gasteiger partial charge in [-0.2, -0.15) is 0 Å². The third-order valence-electron chi connectivity index (χ3n) is 10.8. The molecule has 0 atom stereocenters. The van der Waals surface area contributed by atoms with Crippen LogP contribution in [0.5, 0.6) is 0 Å². The van der Waals surface area contributed by atoms with Gasteiger partial charge in [0.1, 0.15) is 0 Å². The molecule has 0 bridgehead atoms. The second-order valence-corrected chi connectivity index (χ2v) is 13.7. The average molecular weight is 585 g/mol. The van der Waals surface area contributed by atoms with E-state index in [1.165, 1.54) is 104 Å². The molecule has 10 rings (SSSR count). The standard InChI is InChI=1S/C46H32/c1-27-15-21-38-39(25-27)43(31-20-22-33-32-11-6-7-14-40(32)46(2,3)41(33)26-31)34-12-4-5-13-35(34)45(38)37-24-19-30-17-16-28-9-8-10-29-18-23-36(37)44(30)42(28)29/h4-26H,1-3H3. The Kier molecular flexibility index (Phi) is 5.08. The molecule has 0 aliphatic heterocycles. The first-order chi connectivity index (χ1) is 22.5. The van der Waals surface area contributed by atoms with Crippen LogP contribution >= 0.6 is 0 Å². The van der Waals surface area contributed by atoms with Crippen molar-refractivity contribution >= 4 is 53.9 Å². The molecule has 9 aromatic carbocycles. The Bertz CT molecular complexity index is 2700. The lowest BCUT2D eigenvalue weighted by Gasteiger charge is -2.23. The minimum Gasteiger partial charge on any atom is -0.0619 e. The monoisotopic (exact) mass is 584 g/mol. The van der Waals surface area contributed by atoms with E-state index in [1.807, 2.05) is 0 Å². The van der Waals surface area contributed by atoms with Gasteiger partial charge in [-0.15, -0.1) is 0 Å². The van der Waals surface area contributed by atoms with Crippen molar-refractivity contribution in [3.63, 3.8) is 0 Å². The van der Waals surface area contributed by atoms with E-state index < -0.39 is 0 Å². The van der Waals surface area contributed by atoms with Crippen LogP contribution in [0, 0.1) is 6.92 Å². The lowest BCUT2D eigenvalue weighted by atomic mass is 9.80. The molecule has 0 N–H and O–H groups in total. The van der Waals surface area contributed by atoms with Crippen LogP contribution < -0.4 is 0 Å². The molecule has 0 heterocycles. The molecule has 0 saturated carbocycles. The van der Waals surface area contributed by atoms with Crippen LogP contribution in [-0.2, 0) is 5.41 Å². The van der Waals surface area contributed by atoms with Gasteiger partial charge in [0, 0.05) is 5.41 Å². The fourth-order valence-electron chi connectivity index (χ4n) is 8.71. The Morgan fingerprint density at radius 1 is 0.391 bits per heavy atom. The minimum absolute atomic E-state index is 0.0505. The molecule has 0 radical (unpaired) electrons. The summed E-state index contributed by atoms with van der Waals surface area (Å²) in [4.78, 5) is 0. The molecule has 46 heavy (non-hydrogen) atoms. The smallest absolute Gasteiger partial charge is 0.0159 e. The second kappa shape index (κ2) is 9.05. The molecule has 1 aliphatic carbocycles. The van der Waals surface area contributed by atoms with Crippen LogP contribution in [0.15, 0.2) is 140 Å². The van der Waals surface area contributed by atoms with Gasteiger partial charge in [0.2, 0.25) is 0 Å². The summed E-state index contributed by atoms with van der Waals surface area (Å²) in [5.74, 6) is 0. The summed E-state index contributed by atoms with van der Waals surface area (Å²) >= 11 is 0. The summed E-state index contributed by atoms with van der Waals surface area (Å²) in [6, 6.07) is 52.8. The van der Waals surface area contributed by atoms with E-state index in [0.717, 1.165) is 0 Å². The Labute approximate surface area is 268 Å². The number of fused-ring (bicyclic) bond motifs is 5. The minimum atomic E-state index is -0.0505. The molecule has 1 aliphatic rings. The predicted octanol–water partition coefficient (Wildman–Crippen LogP) is 12.8. The second-order valence-electron chi connectivity index (χ2n) is 13.7. The molecule has 0 nitrogen and oxygen atoms in total. The van der Waals surface area contributed by atoms with Gasteiger partial charge in [-0.1, -0.05) is 153 Å². The van der Waals surface area contributed by atoms with E-state index in [0.29, 0.717) is 0 Å². The number of benzene rings is 9. The maximum absolute atomic E-state index is 2.48. The van der Waals surface area contributed by atoms with E-state index >= 15 is 0 Å². The van der Waals surface area contributed by atoms with Gasteiger partial charge < -0.3 is 0 Å². The normalized spacial score (nSPS) is 13.7. The predicted molar refractivity (Wildman–Crippen MR) is 198 cm³/mol. The highest BCUT2D eigenvalue weighted by molar-refractivity contribution is 6.29. The third-order valence-corrected chi connectivity index (χ3v) is 10.8. The summed E-state index contributed by atoms with van der Waals surface area (Å²) in [5.41, 5.74) is 12.0. The van der Waals surface area contributed by atoms with Crippen LogP contribution in [0.1, 0.15) is 30.5 Å². The number of rotatable bonds is 2. The molecule has 0 aromatic heterocycles. The van der Waals surface area contributed by atoms with Crippen LogP contribution in [0.4, 0.5) is 0 Å². The van der Waals surface area contributed by atoms with E-state index in [1.54, 1.807) is 0 Å². The molecule has 0 spiro atoms. The fraction of sp³-hybridized carbons (Fsp3) is 0.0870. The summed E-state index contributed by atoms with van der Waals surface area (Å²) in [5, 5.41) is 13.2. The van der Waals surface area contributed by atoms with Gasteiger partial charge in [-0.05, 0) is 111 Å². The highest BCUT2D eigenvalue weighted by atomic mass is 14.4. The van der Waals surface area contributed by atoms with Crippen LogP contribution in [0.3, 0.4) is 0 Å². The molecule has 0 unspecified atom stereocenters. The first-order valence-electron chi connectivity index (χ1n) is 16.4. The average Bonchev–Trinajstić information content (AvgIpc) is 3.32. The van der Waals surface area contributed by atoms with E-state index in [4.69, 9.17) is 0 Å². The van der Waals surface area contributed by atoms with E-state index in [2.05, 4.69) is 160 Å². The van der Waals surface area contributed by atoms with Gasteiger partial charge in [-0.3, -0.25) is 0 Å². The first-order valence-corrected chi connectivity index (χ1v) is 16.4. The lowest BCUT2D eigenvalue weighted by molar-refractivity contribution is 0.660. The quantitative estimate of drug-likeness (QED) is 0.140. The van der Waals surface area contributed by atoms with Gasteiger partial charge in [0.15, 0.2) is 0 Å². The van der Waals surface area contributed by atoms with Crippen molar-refractivity contribution in [2.75, 3.05) is 0 Å². The topological polar surface area (TPSA) is 0 Å². The van der Waals surface area contributed by atoms with E-state index in [9.17, 15) is 0 Å². The lowest BCUT2D eigenvalue weighted by Crippen LogP contribution is -2.14. The summed E-state index contributed by atoms with van der Waals surface area (Å²) in [6.45, 7) is 6.97. The van der Waals surface area contributed by atoms with Crippen molar-refractivity contribution in [2.24, 2.45) is 0 Å². The molecule has 0 fully saturated rings. The molecule has 0 amide bonds. The zero-order chi connectivity index (χ0) is 30.7. The van der Waals surface area contributed by atoms with Crippen LogP contribution in [0.2, 0.25) is 0 Å². The van der Waals surface area contributed by atoms with Gasteiger partial charge >= 0.3 is 0 Å². The van der Waals surface area contributed by atoms with E-state index in [-0.39, 0.29) is 5.41 Å². The van der Waals surface area contributed by atoms with Gasteiger partial charge in [-0.25, -0.2) is 0 Å². The Hall–Kier alpha value is -5.46. The number of hydrogen-bond donors (Lipinski definition) is 0. The molecule has 9 aromatic rings. The largest absolute Gasteiger partial charge is 0.0619 e. The Balaban J connectivity index is 1.32. The van der Waals surface area contributed by atoms with Crippen molar-refractivity contribution in [2.45, 2.75) is 26.2 Å². The first kappa shape index (κ1) is 25.8. The summed E-state index contributed by atoms with van der Waals surface area (Å²) < 4.78 is 0. The number of hydrogen-bond acceptors (Lipinski definition) is 0. The molecule has 0 heteroatoms. The molecule has 216 valence electrons. The van der Waals surface area contributed by atoms with Crippen molar-refractivity contribution in [3.8, 4) is 33.4 Å². The van der Waals surface area contributed by atoms with Crippen molar-refractivity contribution in [1.82, 2.24) is 0 Å². The number of aryl methyl sites for hydroxylation is 1. The SMILES string of the molecule is Cc1ccc2c(-c3ccc4ccc5cccc6ccc3c4c56)c3ccccc3c(-c3ccc4c(c3)C(C)(C)c3ccccc3-4)c2c1. The maximum atomic E-state index is 2.48. The van der Waals surface area contributed by atoms with Gasteiger partial charge in [0.25, 0.3) is 0 Å². The zero-order valence-electron chi connectivity index (χ0n) is 26.3. The van der Waals surface area contributed by atoms with Crippen molar-refractivity contribution in [3.05, 3.63) is 156 Å². The van der Waals surface area contributed by atoms with Crippen LogP contribution in [0.25, 0.3) is 87.2 Å². The van der Waals surface area contributed by atoms with Crippen LogP contribution in [-0.4, -0.2) is 0 Å². The summed E-state index contributed by atoms with van der Waals surface area (Å²) in [7, 11) is 0. The third kappa shape index (κ3) is 3.34. The summed E-state index contributed by atoms with van der Waals surface area (Å²) in [6.07, 6.45) is 0. The fourth-order valence-corrected chi connectivity index (χ4v) is 8.71. The highest BCUT2D eigenvalue weighted by Gasteiger charge is 2.35. The molecular weight excluding hydrogens is 553 g/mol. The zero-order valence-corrected chi connectivity index (χ0v) is 26.3. The van der Waals surface area contributed by atoms with Crippen molar-refractivity contribution < 1.29 is 0 Å².